The second-order valence-electron chi connectivity index (χ2n) is 5.68. The van der Waals surface area contributed by atoms with Gasteiger partial charge in [0, 0.05) is 0 Å². The van der Waals surface area contributed by atoms with E-state index in [1.807, 2.05) is 24.3 Å². The van der Waals surface area contributed by atoms with Crippen molar-refractivity contribution in [1.29, 1.82) is 0 Å². The van der Waals surface area contributed by atoms with Gasteiger partial charge >= 0.3 is 0 Å². The van der Waals surface area contributed by atoms with E-state index in [2.05, 4.69) is 84.9 Å². The van der Waals surface area contributed by atoms with Crippen molar-refractivity contribution in [3.63, 3.8) is 0 Å². The summed E-state index contributed by atoms with van der Waals surface area (Å²) in [6, 6.07) is 40.3. The van der Waals surface area contributed by atoms with Gasteiger partial charge in [-0.1, -0.05) is 91.0 Å². The largest absolute Gasteiger partial charge is 0.0622 e. The molecule has 112 valence electrons. The number of hydrogen-bond donors (Lipinski definition) is 0. The van der Waals surface area contributed by atoms with Crippen LogP contribution in [0.1, 0.15) is 0 Å². The molecule has 0 aliphatic heterocycles. The van der Waals surface area contributed by atoms with Crippen LogP contribution in [0.4, 0.5) is 0 Å². The van der Waals surface area contributed by atoms with Crippen LogP contribution in [0.15, 0.2) is 97.1 Å². The van der Waals surface area contributed by atoms with E-state index in [1.54, 1.807) is 0 Å². The molecule has 0 N–H and O–H groups in total. The summed E-state index contributed by atoms with van der Waals surface area (Å²) in [4.78, 5) is 0. The second kappa shape index (κ2) is 6.55. The molecular formula is C24H16. The van der Waals surface area contributed by atoms with E-state index in [0.717, 1.165) is 33.4 Å². The molecule has 0 aliphatic carbocycles. The Hall–Kier alpha value is -3.12. The Morgan fingerprint density at radius 2 is 0.917 bits per heavy atom. The first-order valence-corrected chi connectivity index (χ1v) is 8.06. The lowest BCUT2D eigenvalue weighted by Gasteiger charge is -2.12. The van der Waals surface area contributed by atoms with Gasteiger partial charge in [0.05, 0.1) is 0 Å². The lowest BCUT2D eigenvalue weighted by molar-refractivity contribution is 1.55. The SMILES string of the molecule is [c]1cc(-c2ccccc2)[c]c(-c2ccccc2)c1-c1ccccc1. The zero-order valence-electron chi connectivity index (χ0n) is 13.2. The molecule has 0 unspecified atom stereocenters. The molecule has 4 rings (SSSR count). The summed E-state index contributed by atoms with van der Waals surface area (Å²) < 4.78 is 0. The van der Waals surface area contributed by atoms with Gasteiger partial charge in [-0.15, -0.1) is 0 Å². The number of benzene rings is 4. The Bertz CT molecular complexity index is 923. The Kier molecular flexibility index (Phi) is 3.95. The molecule has 0 heterocycles. The van der Waals surface area contributed by atoms with Crippen LogP contribution in [0.5, 0.6) is 0 Å². The molecular weight excluding hydrogens is 288 g/mol. The maximum atomic E-state index is 3.61. The lowest BCUT2D eigenvalue weighted by atomic mass is 9.91. The van der Waals surface area contributed by atoms with E-state index in [1.165, 1.54) is 0 Å². The molecule has 0 fully saturated rings. The third kappa shape index (κ3) is 2.87. The van der Waals surface area contributed by atoms with Crippen molar-refractivity contribution >= 4 is 0 Å². The van der Waals surface area contributed by atoms with Gasteiger partial charge in [-0.2, -0.15) is 0 Å². The van der Waals surface area contributed by atoms with Crippen molar-refractivity contribution < 1.29 is 0 Å². The predicted molar refractivity (Wildman–Crippen MR) is 100 cm³/mol. The monoisotopic (exact) mass is 304 g/mol. The lowest BCUT2D eigenvalue weighted by Crippen LogP contribution is -1.88. The quantitative estimate of drug-likeness (QED) is 0.417. The van der Waals surface area contributed by atoms with Crippen LogP contribution in [-0.4, -0.2) is 0 Å². The maximum Gasteiger partial charge on any atom is -0.000741 e. The molecule has 0 aromatic heterocycles. The van der Waals surface area contributed by atoms with Gasteiger partial charge in [-0.3, -0.25) is 0 Å². The topological polar surface area (TPSA) is 0 Å². The predicted octanol–water partition coefficient (Wildman–Crippen LogP) is 6.29. The molecule has 4 aromatic rings. The molecule has 0 saturated carbocycles. The van der Waals surface area contributed by atoms with Crippen LogP contribution >= 0.6 is 0 Å². The first-order valence-electron chi connectivity index (χ1n) is 8.06. The molecule has 0 aliphatic rings. The highest BCUT2D eigenvalue weighted by atomic mass is 14.1. The van der Waals surface area contributed by atoms with E-state index in [0.29, 0.717) is 0 Å². The minimum atomic E-state index is 1.06. The van der Waals surface area contributed by atoms with Crippen molar-refractivity contribution in [2.45, 2.75) is 0 Å². The average molecular weight is 304 g/mol. The van der Waals surface area contributed by atoms with Gasteiger partial charge in [0.25, 0.3) is 0 Å². The summed E-state index contributed by atoms with van der Waals surface area (Å²) in [5.74, 6) is 0. The van der Waals surface area contributed by atoms with Gasteiger partial charge in [-0.25, -0.2) is 0 Å². The van der Waals surface area contributed by atoms with Gasteiger partial charge in [0.2, 0.25) is 0 Å². The standard InChI is InChI=1S/C24H16/c1-4-10-19(11-5-1)22-16-17-23(20-12-6-2-7-13-20)24(18-22)21-14-8-3-9-15-21/h1-16H. The first-order chi connectivity index (χ1) is 11.9. The van der Waals surface area contributed by atoms with Crippen molar-refractivity contribution in [2.75, 3.05) is 0 Å². The highest BCUT2D eigenvalue weighted by molar-refractivity contribution is 5.86. The van der Waals surface area contributed by atoms with E-state index in [-0.39, 0.29) is 0 Å². The van der Waals surface area contributed by atoms with Crippen LogP contribution in [0.3, 0.4) is 0 Å². The van der Waals surface area contributed by atoms with Crippen molar-refractivity contribution in [1.82, 2.24) is 0 Å². The normalized spacial score (nSPS) is 10.5. The van der Waals surface area contributed by atoms with Gasteiger partial charge < -0.3 is 0 Å². The first kappa shape index (κ1) is 14.5. The second-order valence-corrected chi connectivity index (χ2v) is 5.68. The molecule has 24 heavy (non-hydrogen) atoms. The van der Waals surface area contributed by atoms with Crippen LogP contribution in [-0.2, 0) is 0 Å². The number of hydrogen-bond acceptors (Lipinski definition) is 0. The maximum absolute atomic E-state index is 3.61. The van der Waals surface area contributed by atoms with Crippen LogP contribution in [0.2, 0.25) is 0 Å². The smallest absolute Gasteiger partial charge is 0.000741 e. The molecule has 4 aromatic carbocycles. The van der Waals surface area contributed by atoms with E-state index in [9.17, 15) is 0 Å². The minimum absolute atomic E-state index is 1.06. The minimum Gasteiger partial charge on any atom is -0.0622 e. The van der Waals surface area contributed by atoms with Crippen molar-refractivity contribution in [3.05, 3.63) is 109 Å². The zero-order valence-corrected chi connectivity index (χ0v) is 13.2. The molecule has 0 spiro atoms. The molecule has 2 radical (unpaired) electrons. The molecule has 0 bridgehead atoms. The average Bonchev–Trinajstić information content (AvgIpc) is 2.69. The summed E-state index contributed by atoms with van der Waals surface area (Å²) >= 11 is 0. The fraction of sp³-hybridized carbons (Fsp3) is 0. The Morgan fingerprint density at radius 3 is 1.46 bits per heavy atom. The van der Waals surface area contributed by atoms with Crippen molar-refractivity contribution in [2.24, 2.45) is 0 Å². The van der Waals surface area contributed by atoms with E-state index >= 15 is 0 Å². The summed E-state index contributed by atoms with van der Waals surface area (Å²) in [7, 11) is 0. The Balaban J connectivity index is 1.92. The molecule has 0 heteroatoms. The van der Waals surface area contributed by atoms with Gasteiger partial charge in [0.15, 0.2) is 0 Å². The zero-order chi connectivity index (χ0) is 16.2. The van der Waals surface area contributed by atoms with Crippen LogP contribution in [0.25, 0.3) is 33.4 Å². The summed E-state index contributed by atoms with van der Waals surface area (Å²) in [5.41, 5.74) is 6.71. The molecule has 0 atom stereocenters. The van der Waals surface area contributed by atoms with Crippen LogP contribution < -0.4 is 0 Å². The summed E-state index contributed by atoms with van der Waals surface area (Å²) in [5, 5.41) is 0. The fourth-order valence-electron chi connectivity index (χ4n) is 2.88. The van der Waals surface area contributed by atoms with Crippen LogP contribution in [0, 0.1) is 12.1 Å². The fourth-order valence-corrected chi connectivity index (χ4v) is 2.88. The highest BCUT2D eigenvalue weighted by Crippen LogP contribution is 2.34. The number of rotatable bonds is 3. The molecule has 0 nitrogen and oxygen atoms in total. The Labute approximate surface area is 143 Å². The third-order valence-corrected chi connectivity index (χ3v) is 4.08. The highest BCUT2D eigenvalue weighted by Gasteiger charge is 2.10. The van der Waals surface area contributed by atoms with Gasteiger partial charge in [-0.05, 0) is 51.6 Å². The Morgan fingerprint density at radius 1 is 0.458 bits per heavy atom. The van der Waals surface area contributed by atoms with Crippen molar-refractivity contribution in [3.8, 4) is 33.4 Å². The molecule has 0 amide bonds. The molecule has 0 saturated heterocycles. The summed E-state index contributed by atoms with van der Waals surface area (Å²) in [6.07, 6.45) is 0. The van der Waals surface area contributed by atoms with E-state index < -0.39 is 0 Å². The van der Waals surface area contributed by atoms with E-state index in [4.69, 9.17) is 0 Å². The van der Waals surface area contributed by atoms with Gasteiger partial charge in [0.1, 0.15) is 0 Å². The third-order valence-electron chi connectivity index (χ3n) is 4.08. The summed E-state index contributed by atoms with van der Waals surface area (Å²) in [6.45, 7) is 0.